The first kappa shape index (κ1) is 14.4. The van der Waals surface area contributed by atoms with Gasteiger partial charge in [0.2, 0.25) is 0 Å². The summed E-state index contributed by atoms with van der Waals surface area (Å²) < 4.78 is 23.2. The van der Waals surface area contributed by atoms with E-state index in [0.717, 1.165) is 25.7 Å². The zero-order valence-electron chi connectivity index (χ0n) is 11.6. The van der Waals surface area contributed by atoms with Crippen LogP contribution in [0.2, 0.25) is 0 Å². The quantitative estimate of drug-likeness (QED) is 0.729. The van der Waals surface area contributed by atoms with Gasteiger partial charge in [0.25, 0.3) is 5.91 Å². The molecule has 0 aromatic carbocycles. The molecule has 3 fully saturated rings. The fourth-order valence-corrected chi connectivity index (χ4v) is 7.27. The first-order valence-corrected chi connectivity index (χ1v) is 9.89. The molecule has 1 aliphatic carbocycles. The first-order valence-electron chi connectivity index (χ1n) is 7.19. The van der Waals surface area contributed by atoms with Crippen molar-refractivity contribution in [2.75, 3.05) is 18.6 Å². The maximum absolute atomic E-state index is 12.2. The van der Waals surface area contributed by atoms with Crippen molar-refractivity contribution in [2.45, 2.75) is 43.4 Å². The van der Waals surface area contributed by atoms with Gasteiger partial charge < -0.3 is 4.90 Å². The van der Waals surface area contributed by atoms with Gasteiger partial charge in [-0.15, -0.1) is 0 Å². The summed E-state index contributed by atoms with van der Waals surface area (Å²) in [4.78, 5) is 18.4. The van der Waals surface area contributed by atoms with Gasteiger partial charge in [0.1, 0.15) is 0 Å². The number of aliphatic imine (C=N–C) groups is 1. The molecule has 2 saturated heterocycles. The highest BCUT2D eigenvalue weighted by molar-refractivity contribution is 8.15. The van der Waals surface area contributed by atoms with Crippen molar-refractivity contribution < 1.29 is 13.2 Å². The lowest BCUT2D eigenvalue weighted by molar-refractivity contribution is -0.122. The van der Waals surface area contributed by atoms with Gasteiger partial charge in [0.05, 0.1) is 17.5 Å². The molecule has 2 aliphatic heterocycles. The van der Waals surface area contributed by atoms with E-state index in [4.69, 9.17) is 0 Å². The van der Waals surface area contributed by atoms with Crippen LogP contribution in [0.15, 0.2) is 4.99 Å². The summed E-state index contributed by atoms with van der Waals surface area (Å²) in [6, 6.07) is -0.0112. The van der Waals surface area contributed by atoms with Crippen LogP contribution in [-0.4, -0.2) is 54.2 Å². The van der Waals surface area contributed by atoms with Gasteiger partial charge in [-0.25, -0.2) is 8.42 Å². The number of rotatable bonds is 1. The molecule has 20 heavy (non-hydrogen) atoms. The van der Waals surface area contributed by atoms with Crippen LogP contribution in [0.4, 0.5) is 0 Å². The fourth-order valence-electron chi connectivity index (χ4n) is 3.27. The van der Waals surface area contributed by atoms with Crippen LogP contribution < -0.4 is 0 Å². The molecule has 0 bridgehead atoms. The van der Waals surface area contributed by atoms with Gasteiger partial charge in [0.15, 0.2) is 15.0 Å². The van der Waals surface area contributed by atoms with E-state index >= 15 is 0 Å². The number of carbonyl (C=O) groups excluding carboxylic acids is 1. The van der Waals surface area contributed by atoms with Crippen molar-refractivity contribution in [3.63, 3.8) is 0 Å². The lowest BCUT2D eigenvalue weighted by atomic mass is 9.89. The number of amidine groups is 1. The summed E-state index contributed by atoms with van der Waals surface area (Å²) in [5, 5.41) is 0.758. The number of hydrogen-bond acceptors (Lipinski definition) is 4. The second-order valence-electron chi connectivity index (χ2n) is 5.98. The van der Waals surface area contributed by atoms with Crippen molar-refractivity contribution in [1.29, 1.82) is 0 Å². The standard InChI is InChI=1S/C13H20N2O3S2/c1-15-10-7-20(17,18)8-11(10)19-13(15)14-12(16)9-5-3-2-4-6-9/h9-11H,2-8H2,1H3/t10-,11-/m1/s1. The van der Waals surface area contributed by atoms with Crippen molar-refractivity contribution in [3.05, 3.63) is 0 Å². The molecule has 0 unspecified atom stereocenters. The lowest BCUT2D eigenvalue weighted by Gasteiger charge is -2.20. The van der Waals surface area contributed by atoms with Gasteiger partial charge in [-0.05, 0) is 12.8 Å². The molecule has 3 rings (SSSR count). The molecule has 0 N–H and O–H groups in total. The highest BCUT2D eigenvalue weighted by atomic mass is 32.2. The van der Waals surface area contributed by atoms with Crippen LogP contribution in [0.5, 0.6) is 0 Å². The van der Waals surface area contributed by atoms with Crippen LogP contribution in [0.1, 0.15) is 32.1 Å². The van der Waals surface area contributed by atoms with E-state index in [-0.39, 0.29) is 34.6 Å². The topological polar surface area (TPSA) is 66.8 Å². The summed E-state index contributed by atoms with van der Waals surface area (Å²) in [5.41, 5.74) is 0. The monoisotopic (exact) mass is 316 g/mol. The zero-order chi connectivity index (χ0) is 14.3. The predicted molar refractivity (Wildman–Crippen MR) is 80.6 cm³/mol. The maximum atomic E-state index is 12.2. The summed E-state index contributed by atoms with van der Waals surface area (Å²) in [6.45, 7) is 0. The zero-order valence-corrected chi connectivity index (χ0v) is 13.3. The minimum absolute atomic E-state index is 0.0112. The van der Waals surface area contributed by atoms with E-state index in [1.165, 1.54) is 18.2 Å². The van der Waals surface area contributed by atoms with Crippen molar-refractivity contribution >= 4 is 32.7 Å². The second kappa shape index (κ2) is 5.33. The van der Waals surface area contributed by atoms with E-state index in [9.17, 15) is 13.2 Å². The first-order chi connectivity index (χ1) is 9.46. The van der Waals surface area contributed by atoms with Gasteiger partial charge in [-0.2, -0.15) is 4.99 Å². The Morgan fingerprint density at radius 3 is 2.60 bits per heavy atom. The number of thioether (sulfide) groups is 1. The van der Waals surface area contributed by atoms with Gasteiger partial charge >= 0.3 is 0 Å². The summed E-state index contributed by atoms with van der Waals surface area (Å²) in [7, 11) is -1.06. The number of sulfone groups is 1. The Labute approximate surface area is 124 Å². The Bertz CT molecular complexity index is 538. The third-order valence-corrected chi connectivity index (χ3v) is 7.79. The molecule has 0 aromatic rings. The molecular weight excluding hydrogens is 296 g/mol. The Balaban J connectivity index is 1.70. The molecule has 2 heterocycles. The average Bonchev–Trinajstić information content (AvgIpc) is 2.85. The molecule has 3 aliphatic rings. The molecule has 0 spiro atoms. The van der Waals surface area contributed by atoms with E-state index in [1.807, 2.05) is 11.9 Å². The van der Waals surface area contributed by atoms with Crippen LogP contribution in [0, 0.1) is 5.92 Å². The van der Waals surface area contributed by atoms with E-state index in [2.05, 4.69) is 4.99 Å². The Morgan fingerprint density at radius 1 is 1.25 bits per heavy atom. The third kappa shape index (κ3) is 2.74. The van der Waals surface area contributed by atoms with Crippen LogP contribution in [-0.2, 0) is 14.6 Å². The molecule has 0 aromatic heterocycles. The summed E-state index contributed by atoms with van der Waals surface area (Å²) >= 11 is 1.46. The van der Waals surface area contributed by atoms with Gasteiger partial charge in [0, 0.05) is 18.2 Å². The molecular formula is C13H20N2O3S2. The smallest absolute Gasteiger partial charge is 0.251 e. The molecule has 1 saturated carbocycles. The number of fused-ring (bicyclic) bond motifs is 1. The number of nitrogens with zero attached hydrogens (tertiary/aromatic N) is 2. The van der Waals surface area contributed by atoms with Crippen molar-refractivity contribution in [3.8, 4) is 0 Å². The van der Waals surface area contributed by atoms with Crippen molar-refractivity contribution in [2.24, 2.45) is 10.9 Å². The highest BCUT2D eigenvalue weighted by Gasteiger charge is 2.47. The van der Waals surface area contributed by atoms with Gasteiger partial charge in [-0.3, -0.25) is 4.79 Å². The van der Waals surface area contributed by atoms with Crippen molar-refractivity contribution in [1.82, 2.24) is 4.90 Å². The molecule has 5 nitrogen and oxygen atoms in total. The molecule has 112 valence electrons. The Kier molecular flexibility index (Phi) is 3.83. The van der Waals surface area contributed by atoms with E-state index < -0.39 is 9.84 Å². The predicted octanol–water partition coefficient (Wildman–Crippen LogP) is 1.29. The number of hydrogen-bond donors (Lipinski definition) is 0. The maximum Gasteiger partial charge on any atom is 0.251 e. The SMILES string of the molecule is CN1C(=NC(=O)C2CCCCC2)S[C@@H]2CS(=O)(=O)C[C@H]21. The summed E-state index contributed by atoms with van der Waals surface area (Å²) in [6.07, 6.45) is 5.36. The van der Waals surface area contributed by atoms with E-state index in [0.29, 0.717) is 5.17 Å². The van der Waals surface area contributed by atoms with Gasteiger partial charge in [-0.1, -0.05) is 31.0 Å². The minimum Gasteiger partial charge on any atom is -0.349 e. The largest absolute Gasteiger partial charge is 0.349 e. The highest BCUT2D eigenvalue weighted by Crippen LogP contribution is 2.37. The number of amides is 1. The molecule has 0 radical (unpaired) electrons. The normalized spacial score (nSPS) is 35.5. The van der Waals surface area contributed by atoms with Crippen LogP contribution >= 0.6 is 11.8 Å². The molecule has 1 amide bonds. The lowest BCUT2D eigenvalue weighted by Crippen LogP contribution is -2.34. The Morgan fingerprint density at radius 2 is 1.95 bits per heavy atom. The van der Waals surface area contributed by atoms with Crippen LogP contribution in [0.3, 0.4) is 0 Å². The minimum atomic E-state index is -2.91. The number of carbonyl (C=O) groups is 1. The molecule has 2 atom stereocenters. The fraction of sp³-hybridized carbons (Fsp3) is 0.846. The van der Waals surface area contributed by atoms with E-state index in [1.54, 1.807) is 0 Å². The average molecular weight is 316 g/mol. The summed E-state index contributed by atoms with van der Waals surface area (Å²) in [5.74, 6) is 0.470. The Hall–Kier alpha value is -0.560. The third-order valence-electron chi connectivity index (χ3n) is 4.49. The molecule has 7 heteroatoms. The van der Waals surface area contributed by atoms with Crippen LogP contribution in [0.25, 0.3) is 0 Å². The second-order valence-corrected chi connectivity index (χ2v) is 9.34.